The van der Waals surface area contributed by atoms with Crippen LogP contribution in [-0.2, 0) is 0 Å². The molecule has 2 atom stereocenters. The number of aryl methyl sites for hydroxylation is 2. The molecule has 0 saturated carbocycles. The van der Waals surface area contributed by atoms with Gasteiger partial charge in [0.25, 0.3) is 0 Å². The van der Waals surface area contributed by atoms with Gasteiger partial charge in [0.2, 0.25) is 0 Å². The second-order valence-corrected chi connectivity index (χ2v) is 4.58. The summed E-state index contributed by atoms with van der Waals surface area (Å²) < 4.78 is 0. The summed E-state index contributed by atoms with van der Waals surface area (Å²) in [4.78, 5) is 0. The van der Waals surface area contributed by atoms with E-state index in [0.717, 1.165) is 24.8 Å². The molecular weight excluding hydrogens is 198 g/mol. The van der Waals surface area contributed by atoms with Gasteiger partial charge in [-0.15, -0.1) is 0 Å². The molecule has 0 aliphatic heterocycles. The summed E-state index contributed by atoms with van der Waals surface area (Å²) in [6, 6.07) is 5.90. The Labute approximate surface area is 98.5 Å². The van der Waals surface area contributed by atoms with Crippen LogP contribution in [0.3, 0.4) is 0 Å². The van der Waals surface area contributed by atoms with Crippen LogP contribution in [0.2, 0.25) is 0 Å². The lowest BCUT2D eigenvalue weighted by molar-refractivity contribution is 0.132. The van der Waals surface area contributed by atoms with Crippen molar-refractivity contribution in [3.05, 3.63) is 34.9 Å². The van der Waals surface area contributed by atoms with Gasteiger partial charge in [-0.05, 0) is 37.0 Å². The summed E-state index contributed by atoms with van der Waals surface area (Å²) in [5, 5.41) is 9.94. The molecular formula is C14H23NO. The molecule has 0 amide bonds. The Morgan fingerprint density at radius 1 is 1.25 bits per heavy atom. The second-order valence-electron chi connectivity index (χ2n) is 4.58. The number of hydrogen-bond acceptors (Lipinski definition) is 2. The van der Waals surface area contributed by atoms with Crippen LogP contribution in [0.5, 0.6) is 0 Å². The van der Waals surface area contributed by atoms with E-state index in [1.165, 1.54) is 11.1 Å². The van der Waals surface area contributed by atoms with Crippen LogP contribution in [0.15, 0.2) is 18.2 Å². The van der Waals surface area contributed by atoms with Crippen molar-refractivity contribution in [1.82, 2.24) is 0 Å². The quantitative estimate of drug-likeness (QED) is 0.803. The van der Waals surface area contributed by atoms with Crippen molar-refractivity contribution in [2.75, 3.05) is 0 Å². The average molecular weight is 221 g/mol. The highest BCUT2D eigenvalue weighted by Crippen LogP contribution is 2.20. The fraction of sp³-hybridized carbons (Fsp3) is 0.571. The van der Waals surface area contributed by atoms with Gasteiger partial charge in [0.05, 0.1) is 12.1 Å². The number of benzene rings is 1. The molecule has 1 rings (SSSR count). The minimum Gasteiger partial charge on any atom is -0.391 e. The maximum absolute atomic E-state index is 9.94. The number of rotatable bonds is 5. The maximum Gasteiger partial charge on any atom is 0.0732 e. The maximum atomic E-state index is 9.94. The third-order valence-corrected chi connectivity index (χ3v) is 3.18. The lowest BCUT2D eigenvalue weighted by Crippen LogP contribution is -2.26. The normalized spacial score (nSPS) is 14.8. The van der Waals surface area contributed by atoms with Gasteiger partial charge in [-0.2, -0.15) is 0 Å². The van der Waals surface area contributed by atoms with E-state index in [1.54, 1.807) is 0 Å². The molecule has 0 aromatic heterocycles. The molecule has 0 unspecified atom stereocenters. The minimum absolute atomic E-state index is 0.258. The van der Waals surface area contributed by atoms with Crippen molar-refractivity contribution in [1.29, 1.82) is 0 Å². The van der Waals surface area contributed by atoms with E-state index in [1.807, 2.05) is 6.07 Å². The molecule has 0 aliphatic carbocycles. The lowest BCUT2D eigenvalue weighted by atomic mass is 9.96. The van der Waals surface area contributed by atoms with Crippen molar-refractivity contribution in [3.8, 4) is 0 Å². The van der Waals surface area contributed by atoms with Gasteiger partial charge in [0.1, 0.15) is 0 Å². The Kier molecular flexibility index (Phi) is 4.97. The molecule has 0 fully saturated rings. The highest BCUT2D eigenvalue weighted by Gasteiger charge is 2.16. The Morgan fingerprint density at radius 2 is 1.94 bits per heavy atom. The zero-order valence-corrected chi connectivity index (χ0v) is 10.5. The number of aliphatic hydroxyl groups is 1. The largest absolute Gasteiger partial charge is 0.391 e. The molecule has 2 heteroatoms. The molecule has 0 spiro atoms. The summed E-state index contributed by atoms with van der Waals surface area (Å²) in [7, 11) is 0. The number of aliphatic hydroxyl groups excluding tert-OH is 1. The van der Waals surface area contributed by atoms with Crippen molar-refractivity contribution in [2.24, 2.45) is 5.73 Å². The SMILES string of the molecule is CCCC[C@@H](O)[C@@H](N)c1ccc(C)c(C)c1. The molecule has 0 saturated heterocycles. The van der Waals surface area contributed by atoms with Crippen LogP contribution in [0.1, 0.15) is 48.9 Å². The van der Waals surface area contributed by atoms with Crippen LogP contribution >= 0.6 is 0 Å². The third-order valence-electron chi connectivity index (χ3n) is 3.18. The lowest BCUT2D eigenvalue weighted by Gasteiger charge is -2.19. The van der Waals surface area contributed by atoms with Gasteiger partial charge in [-0.25, -0.2) is 0 Å². The minimum atomic E-state index is -0.429. The fourth-order valence-corrected chi connectivity index (χ4v) is 1.79. The molecule has 3 N–H and O–H groups in total. The van der Waals surface area contributed by atoms with E-state index in [-0.39, 0.29) is 6.04 Å². The van der Waals surface area contributed by atoms with E-state index >= 15 is 0 Å². The van der Waals surface area contributed by atoms with Crippen LogP contribution in [-0.4, -0.2) is 11.2 Å². The van der Waals surface area contributed by atoms with Gasteiger partial charge in [-0.3, -0.25) is 0 Å². The molecule has 0 aliphatic rings. The monoisotopic (exact) mass is 221 g/mol. The summed E-state index contributed by atoms with van der Waals surface area (Å²) in [6.07, 6.45) is 2.48. The summed E-state index contributed by atoms with van der Waals surface area (Å²) in [5.41, 5.74) is 9.58. The predicted molar refractivity (Wildman–Crippen MR) is 68.4 cm³/mol. The first-order valence-electron chi connectivity index (χ1n) is 6.07. The first-order chi connectivity index (χ1) is 7.56. The Hall–Kier alpha value is -0.860. The molecule has 16 heavy (non-hydrogen) atoms. The number of unbranched alkanes of at least 4 members (excludes halogenated alkanes) is 1. The van der Waals surface area contributed by atoms with Crippen molar-refractivity contribution in [2.45, 2.75) is 52.2 Å². The van der Waals surface area contributed by atoms with E-state index in [4.69, 9.17) is 5.73 Å². The molecule has 0 heterocycles. The first kappa shape index (κ1) is 13.2. The van der Waals surface area contributed by atoms with Gasteiger partial charge in [0, 0.05) is 0 Å². The summed E-state index contributed by atoms with van der Waals surface area (Å²) in [6.45, 7) is 6.27. The number of hydrogen-bond donors (Lipinski definition) is 2. The third kappa shape index (κ3) is 3.32. The molecule has 0 radical (unpaired) electrons. The highest BCUT2D eigenvalue weighted by molar-refractivity contribution is 5.32. The average Bonchev–Trinajstić information content (AvgIpc) is 2.28. The fourth-order valence-electron chi connectivity index (χ4n) is 1.79. The van der Waals surface area contributed by atoms with Crippen molar-refractivity contribution < 1.29 is 5.11 Å². The molecule has 1 aromatic carbocycles. The Morgan fingerprint density at radius 3 is 2.50 bits per heavy atom. The summed E-state index contributed by atoms with van der Waals surface area (Å²) in [5.74, 6) is 0. The highest BCUT2D eigenvalue weighted by atomic mass is 16.3. The van der Waals surface area contributed by atoms with E-state index in [9.17, 15) is 5.11 Å². The van der Waals surface area contributed by atoms with Gasteiger partial charge < -0.3 is 10.8 Å². The van der Waals surface area contributed by atoms with Crippen LogP contribution in [0.25, 0.3) is 0 Å². The van der Waals surface area contributed by atoms with Crippen LogP contribution < -0.4 is 5.73 Å². The molecule has 1 aromatic rings. The van der Waals surface area contributed by atoms with E-state index < -0.39 is 6.10 Å². The standard InChI is InChI=1S/C14H23NO/c1-4-5-6-13(16)14(15)12-8-7-10(2)11(3)9-12/h7-9,13-14,16H,4-6,15H2,1-3H3/t13-,14+/m1/s1. The van der Waals surface area contributed by atoms with Crippen molar-refractivity contribution in [3.63, 3.8) is 0 Å². The van der Waals surface area contributed by atoms with E-state index in [2.05, 4.69) is 32.9 Å². The Balaban J connectivity index is 2.71. The zero-order chi connectivity index (χ0) is 12.1. The first-order valence-corrected chi connectivity index (χ1v) is 6.07. The van der Waals surface area contributed by atoms with Crippen molar-refractivity contribution >= 4 is 0 Å². The Bertz CT molecular complexity index is 336. The summed E-state index contributed by atoms with van der Waals surface area (Å²) >= 11 is 0. The zero-order valence-electron chi connectivity index (χ0n) is 10.5. The molecule has 0 bridgehead atoms. The smallest absolute Gasteiger partial charge is 0.0732 e. The molecule has 90 valence electrons. The van der Waals surface area contributed by atoms with Gasteiger partial charge in [-0.1, -0.05) is 38.0 Å². The van der Waals surface area contributed by atoms with Crippen LogP contribution in [0, 0.1) is 13.8 Å². The second kappa shape index (κ2) is 6.02. The topological polar surface area (TPSA) is 46.2 Å². The van der Waals surface area contributed by atoms with E-state index in [0.29, 0.717) is 0 Å². The van der Waals surface area contributed by atoms with Gasteiger partial charge >= 0.3 is 0 Å². The number of nitrogens with two attached hydrogens (primary N) is 1. The van der Waals surface area contributed by atoms with Crippen LogP contribution in [0.4, 0.5) is 0 Å². The van der Waals surface area contributed by atoms with Gasteiger partial charge in [0.15, 0.2) is 0 Å². The predicted octanol–water partition coefficient (Wildman–Crippen LogP) is 2.85. The molecule has 2 nitrogen and oxygen atoms in total.